The van der Waals surface area contributed by atoms with Gasteiger partial charge >= 0.3 is 6.18 Å². The molecular formula is C27H26F3N5O2S. The highest BCUT2D eigenvalue weighted by Gasteiger charge is 2.35. The lowest BCUT2D eigenvalue weighted by molar-refractivity contribution is -0.141. The van der Waals surface area contributed by atoms with Gasteiger partial charge in [0.25, 0.3) is 10.0 Å². The highest BCUT2D eigenvalue weighted by atomic mass is 32.2. The van der Waals surface area contributed by atoms with E-state index in [0.29, 0.717) is 16.8 Å². The smallest absolute Gasteiger partial charge is 0.338 e. The van der Waals surface area contributed by atoms with Crippen molar-refractivity contribution >= 4 is 27.2 Å². The molecule has 2 aromatic heterocycles. The Labute approximate surface area is 219 Å². The molecule has 0 amide bonds. The van der Waals surface area contributed by atoms with E-state index in [1.165, 1.54) is 10.4 Å². The number of sulfonamides is 1. The maximum atomic E-state index is 14.0. The van der Waals surface area contributed by atoms with Crippen LogP contribution in [0.5, 0.6) is 0 Å². The van der Waals surface area contributed by atoms with Crippen LogP contribution in [0.3, 0.4) is 0 Å². The zero-order valence-corrected chi connectivity index (χ0v) is 22.0. The van der Waals surface area contributed by atoms with E-state index in [1.807, 2.05) is 20.8 Å². The van der Waals surface area contributed by atoms with Crippen molar-refractivity contribution in [2.75, 3.05) is 9.62 Å². The number of nitrogens with zero attached hydrogens (tertiary/aromatic N) is 4. The monoisotopic (exact) mass is 541 g/mol. The zero-order valence-electron chi connectivity index (χ0n) is 21.2. The zero-order chi connectivity index (χ0) is 27.5. The molecule has 7 nitrogen and oxygen atoms in total. The summed E-state index contributed by atoms with van der Waals surface area (Å²) in [5.41, 5.74) is 2.11. The van der Waals surface area contributed by atoms with Gasteiger partial charge in [0.2, 0.25) is 0 Å². The first kappa shape index (κ1) is 25.8. The number of hydrogen-bond acceptors (Lipinski definition) is 5. The number of hydrogen-bond donors (Lipinski definition) is 1. The molecule has 198 valence electrons. The molecule has 2 aromatic carbocycles. The van der Waals surface area contributed by atoms with Crippen LogP contribution in [-0.4, -0.2) is 23.2 Å². The molecule has 1 N–H and O–H groups in total. The molecule has 38 heavy (non-hydrogen) atoms. The summed E-state index contributed by atoms with van der Waals surface area (Å²) in [4.78, 5) is 3.86. The second-order valence-corrected chi connectivity index (χ2v) is 12.0. The van der Waals surface area contributed by atoms with Gasteiger partial charge in [0, 0.05) is 24.4 Å². The van der Waals surface area contributed by atoms with E-state index in [1.54, 1.807) is 66.5 Å². The summed E-state index contributed by atoms with van der Waals surface area (Å²) in [5, 5.41) is 7.13. The third kappa shape index (κ3) is 4.62. The standard InChI is InChI=1S/C27H26F3N5O2S/c1-26(2,3)19-7-9-20(10-8-19)38(36,37)35-16-18-6-12-24(27(28,29)30)33-25(18)32-21-11-5-17(15-23(21)35)22-13-14-31-34(22)4/h5-15H,16H2,1-4H3,(H,32,33). The lowest BCUT2D eigenvalue weighted by Crippen LogP contribution is -2.30. The number of anilines is 3. The minimum absolute atomic E-state index is 0.0462. The van der Waals surface area contributed by atoms with Crippen molar-refractivity contribution in [3.63, 3.8) is 0 Å². The predicted molar refractivity (Wildman–Crippen MR) is 140 cm³/mol. The van der Waals surface area contributed by atoms with Gasteiger partial charge in [-0.3, -0.25) is 8.99 Å². The maximum absolute atomic E-state index is 14.0. The average molecular weight is 542 g/mol. The first-order valence-corrected chi connectivity index (χ1v) is 13.3. The van der Waals surface area contributed by atoms with E-state index < -0.39 is 21.9 Å². The van der Waals surface area contributed by atoms with Gasteiger partial charge in [-0.1, -0.05) is 45.0 Å². The molecule has 0 atom stereocenters. The van der Waals surface area contributed by atoms with Crippen LogP contribution in [0.1, 0.15) is 37.6 Å². The molecule has 1 aliphatic heterocycles. The van der Waals surface area contributed by atoms with Crippen molar-refractivity contribution in [3.8, 4) is 11.3 Å². The number of halogens is 3. The van der Waals surface area contributed by atoms with Crippen molar-refractivity contribution in [2.24, 2.45) is 7.05 Å². The number of pyridine rings is 1. The van der Waals surface area contributed by atoms with Crippen LogP contribution in [0.25, 0.3) is 11.3 Å². The summed E-state index contributed by atoms with van der Waals surface area (Å²) in [7, 11) is -2.35. The summed E-state index contributed by atoms with van der Waals surface area (Å²) in [6.07, 6.45) is -3.02. The van der Waals surface area contributed by atoms with Gasteiger partial charge in [-0.25, -0.2) is 13.4 Å². The van der Waals surface area contributed by atoms with Crippen LogP contribution in [-0.2, 0) is 35.2 Å². The molecule has 11 heteroatoms. The fourth-order valence-electron chi connectivity index (χ4n) is 4.38. The van der Waals surface area contributed by atoms with Crippen molar-refractivity contribution in [1.29, 1.82) is 0 Å². The highest BCUT2D eigenvalue weighted by molar-refractivity contribution is 7.92. The molecule has 0 spiro atoms. The lowest BCUT2D eigenvalue weighted by atomic mass is 9.87. The number of alkyl halides is 3. The lowest BCUT2D eigenvalue weighted by Gasteiger charge is -2.26. The van der Waals surface area contributed by atoms with Crippen molar-refractivity contribution in [2.45, 2.75) is 43.8 Å². The first-order chi connectivity index (χ1) is 17.7. The maximum Gasteiger partial charge on any atom is 0.433 e. The van der Waals surface area contributed by atoms with Crippen LogP contribution in [0.4, 0.5) is 30.4 Å². The average Bonchev–Trinajstić information content (AvgIpc) is 3.20. The summed E-state index contributed by atoms with van der Waals surface area (Å²) >= 11 is 0. The Morgan fingerprint density at radius 1 is 0.947 bits per heavy atom. The number of nitrogens with one attached hydrogen (secondary N) is 1. The van der Waals surface area contributed by atoms with E-state index in [-0.39, 0.29) is 28.4 Å². The van der Waals surface area contributed by atoms with E-state index >= 15 is 0 Å². The molecule has 0 radical (unpaired) electrons. The largest absolute Gasteiger partial charge is 0.433 e. The van der Waals surface area contributed by atoms with Gasteiger partial charge in [0.15, 0.2) is 0 Å². The van der Waals surface area contributed by atoms with Gasteiger partial charge in [-0.05, 0) is 47.4 Å². The Morgan fingerprint density at radius 2 is 1.66 bits per heavy atom. The Bertz CT molecular complexity index is 1620. The molecule has 4 aromatic rings. The molecule has 0 saturated carbocycles. The Kier molecular flexibility index (Phi) is 6.01. The minimum Gasteiger partial charge on any atom is -0.338 e. The SMILES string of the molecule is Cn1nccc1-c1ccc2c(c1)N(S(=O)(=O)c1ccc(C(C)(C)C)cc1)Cc1ccc(C(F)(F)F)nc1N2. The normalized spacial score (nSPS) is 13.9. The Balaban J connectivity index is 1.68. The number of aryl methyl sites for hydroxylation is 1. The van der Waals surface area contributed by atoms with Crippen LogP contribution in [0.15, 0.2) is 71.8 Å². The highest BCUT2D eigenvalue weighted by Crippen LogP contribution is 2.41. The van der Waals surface area contributed by atoms with Crippen molar-refractivity contribution in [1.82, 2.24) is 14.8 Å². The van der Waals surface area contributed by atoms with Gasteiger partial charge in [-0.15, -0.1) is 0 Å². The molecule has 0 saturated heterocycles. The number of benzene rings is 2. The predicted octanol–water partition coefficient (Wildman–Crippen LogP) is 6.25. The van der Waals surface area contributed by atoms with Crippen LogP contribution in [0, 0.1) is 0 Å². The molecule has 3 heterocycles. The van der Waals surface area contributed by atoms with E-state index in [0.717, 1.165) is 17.3 Å². The van der Waals surface area contributed by atoms with Crippen molar-refractivity contribution < 1.29 is 21.6 Å². The van der Waals surface area contributed by atoms with Gasteiger partial charge in [0.05, 0.1) is 28.5 Å². The summed E-state index contributed by atoms with van der Waals surface area (Å²) < 4.78 is 71.2. The van der Waals surface area contributed by atoms with Crippen LogP contribution in [0.2, 0.25) is 0 Å². The molecule has 0 aliphatic carbocycles. The molecule has 0 fully saturated rings. The third-order valence-corrected chi connectivity index (χ3v) is 8.30. The van der Waals surface area contributed by atoms with Crippen molar-refractivity contribution in [3.05, 3.63) is 83.7 Å². The molecule has 1 aliphatic rings. The molecule has 0 unspecified atom stereocenters. The Morgan fingerprint density at radius 3 is 2.26 bits per heavy atom. The van der Waals surface area contributed by atoms with Gasteiger partial charge in [-0.2, -0.15) is 18.3 Å². The quantitative estimate of drug-likeness (QED) is 0.332. The minimum atomic E-state index is -4.64. The van der Waals surface area contributed by atoms with E-state index in [2.05, 4.69) is 15.4 Å². The van der Waals surface area contributed by atoms with E-state index in [9.17, 15) is 21.6 Å². The summed E-state index contributed by atoms with van der Waals surface area (Å²) in [6.45, 7) is 5.89. The second-order valence-electron chi connectivity index (χ2n) is 10.2. The van der Waals surface area contributed by atoms with E-state index in [4.69, 9.17) is 0 Å². The number of rotatable bonds is 3. The van der Waals surface area contributed by atoms with Gasteiger partial charge in [0.1, 0.15) is 11.5 Å². The topological polar surface area (TPSA) is 80.1 Å². The fraction of sp³-hybridized carbons (Fsp3) is 0.259. The second kappa shape index (κ2) is 8.87. The van der Waals surface area contributed by atoms with Gasteiger partial charge < -0.3 is 5.32 Å². The summed E-state index contributed by atoms with van der Waals surface area (Å²) in [5.74, 6) is -0.0462. The molecule has 5 rings (SSSR count). The third-order valence-electron chi connectivity index (χ3n) is 6.53. The molecule has 0 bridgehead atoms. The summed E-state index contributed by atoms with van der Waals surface area (Å²) in [6, 6.07) is 15.7. The fourth-order valence-corrected chi connectivity index (χ4v) is 5.83. The Hall–Kier alpha value is -3.86. The first-order valence-electron chi connectivity index (χ1n) is 11.8. The van der Waals surface area contributed by atoms with Crippen LogP contribution < -0.4 is 9.62 Å². The van der Waals surface area contributed by atoms with Crippen LogP contribution >= 0.6 is 0 Å². The number of fused-ring (bicyclic) bond motifs is 2. The number of aromatic nitrogens is 3. The molecular weight excluding hydrogens is 515 g/mol.